The normalized spacial score (nSPS) is 11.9. The van der Waals surface area contributed by atoms with Crippen molar-refractivity contribution in [3.05, 3.63) is 41.4 Å². The molecule has 7 heteroatoms. The first-order valence-corrected chi connectivity index (χ1v) is 4.16. The number of benzene rings is 1. The summed E-state index contributed by atoms with van der Waals surface area (Å²) in [5, 5.41) is 0. The van der Waals surface area contributed by atoms with E-state index in [0.29, 0.717) is 0 Å². The average molecular weight is 260 g/mol. The molecule has 0 radical (unpaired) electrons. The Morgan fingerprint density at radius 3 is 2.25 bits per heavy atom. The Morgan fingerprint density at radius 1 is 1.12 bits per heavy atom. The summed E-state index contributed by atoms with van der Waals surface area (Å²) >= 11 is 0. The molecule has 16 heavy (non-hydrogen) atoms. The van der Waals surface area contributed by atoms with Gasteiger partial charge in [-0.25, -0.2) is 8.78 Å². The van der Waals surface area contributed by atoms with Gasteiger partial charge >= 0.3 is 58.4 Å². The molecule has 0 heterocycles. The first-order chi connectivity index (χ1) is 6.88. The molecule has 0 aromatic heterocycles. The minimum atomic E-state index is -5.03. The van der Waals surface area contributed by atoms with Gasteiger partial charge in [0.2, 0.25) is 0 Å². The van der Waals surface area contributed by atoms with E-state index in [9.17, 15) is 21.7 Å². The van der Waals surface area contributed by atoms with Gasteiger partial charge in [0, 0.05) is 5.56 Å². The van der Waals surface area contributed by atoms with E-state index in [1.807, 2.05) is 0 Å². The fourth-order valence-corrected chi connectivity index (χ4v) is 1.02. The molecular weight excluding hydrogens is 253 g/mol. The van der Waals surface area contributed by atoms with Crippen LogP contribution >= 0.6 is 0 Å². The second-order valence-electron chi connectivity index (χ2n) is 2.96. The van der Waals surface area contributed by atoms with E-state index in [-0.39, 0.29) is 68.5 Å². The van der Waals surface area contributed by atoms with Gasteiger partial charge in [0.15, 0.2) is 0 Å². The van der Waals surface area contributed by atoms with Crippen molar-refractivity contribution in [2.24, 2.45) is 0 Å². The second kappa shape index (κ2) is 6.90. The smallest absolute Gasteiger partial charge is 0.445 e. The molecule has 0 unspecified atom stereocenters. The molecule has 0 bridgehead atoms. The third kappa shape index (κ3) is 6.15. The van der Waals surface area contributed by atoms with Gasteiger partial charge in [-0.2, -0.15) is 0 Å². The second-order valence-corrected chi connectivity index (χ2v) is 2.96. The van der Waals surface area contributed by atoms with Crippen LogP contribution in [0.1, 0.15) is 17.6 Å². The third-order valence-electron chi connectivity index (χ3n) is 1.67. The van der Waals surface area contributed by atoms with Crippen molar-refractivity contribution in [2.45, 2.75) is 6.43 Å². The van der Waals surface area contributed by atoms with Crippen LogP contribution in [0.4, 0.5) is 21.7 Å². The Hall–Kier alpha value is 0.311. The predicted molar refractivity (Wildman–Crippen MR) is 49.5 cm³/mol. The molecule has 0 amide bonds. The van der Waals surface area contributed by atoms with Crippen molar-refractivity contribution >= 4 is 13.1 Å². The summed E-state index contributed by atoms with van der Waals surface area (Å²) in [5.74, 6) is 0.0740. The molecule has 0 N–H and O–H groups in total. The Balaban J connectivity index is 0.00000225. The van der Waals surface area contributed by atoms with Crippen molar-refractivity contribution in [3.63, 3.8) is 0 Å². The largest absolute Gasteiger partial charge is 1.00 e. The molecule has 0 spiro atoms. The Bertz CT molecular complexity index is 361. The van der Waals surface area contributed by atoms with E-state index in [1.165, 1.54) is 18.2 Å². The molecule has 0 saturated heterocycles. The van der Waals surface area contributed by atoms with Crippen molar-refractivity contribution in [2.75, 3.05) is 0 Å². The molecule has 0 nitrogen and oxygen atoms in total. The number of halogens is 5. The van der Waals surface area contributed by atoms with Crippen LogP contribution in [0.15, 0.2) is 30.2 Å². The minimum absolute atomic E-state index is 0. The van der Waals surface area contributed by atoms with E-state index < -0.39 is 13.4 Å². The standard InChI is InChI=1S/C9H7BF5.K/c11-9(12)8-3-1-2-7(6-8)4-5-10(13,14)15;/h1-6,9H;/q-1;+1/b5-4+;. The number of hydrogen-bond acceptors (Lipinski definition) is 0. The van der Waals surface area contributed by atoms with Crippen molar-refractivity contribution in [1.29, 1.82) is 0 Å². The molecule has 0 atom stereocenters. The van der Waals surface area contributed by atoms with Crippen molar-refractivity contribution < 1.29 is 73.1 Å². The number of alkyl halides is 2. The maximum atomic E-state index is 12.2. The average Bonchev–Trinajstić information content (AvgIpc) is 2.14. The molecule has 1 rings (SSSR count). The van der Waals surface area contributed by atoms with Crippen LogP contribution in [0.3, 0.4) is 0 Å². The zero-order chi connectivity index (χ0) is 11.5. The van der Waals surface area contributed by atoms with Gasteiger partial charge in [-0.05, 0) is 11.6 Å². The molecular formula is C9H7BF5K. The quantitative estimate of drug-likeness (QED) is 0.562. The summed E-state index contributed by atoms with van der Waals surface area (Å²) in [6.07, 6.45) is -1.89. The van der Waals surface area contributed by atoms with Gasteiger partial charge in [0.1, 0.15) is 0 Å². The van der Waals surface area contributed by atoms with Crippen LogP contribution in [0.2, 0.25) is 0 Å². The Kier molecular flexibility index (Phi) is 7.04. The fourth-order valence-electron chi connectivity index (χ4n) is 1.02. The first kappa shape index (κ1) is 16.3. The molecule has 0 aliphatic carbocycles. The van der Waals surface area contributed by atoms with Crippen LogP contribution in [0, 0.1) is 0 Å². The SMILES string of the molecule is FC(F)c1cccc(/C=C/[B-](F)(F)F)c1.[K+]. The zero-order valence-electron chi connectivity index (χ0n) is 8.51. The topological polar surface area (TPSA) is 0 Å². The van der Waals surface area contributed by atoms with Gasteiger partial charge in [-0.3, -0.25) is 0 Å². The van der Waals surface area contributed by atoms with Gasteiger partial charge in [0.05, 0.1) is 0 Å². The van der Waals surface area contributed by atoms with Crippen LogP contribution < -0.4 is 51.4 Å². The first-order valence-electron chi connectivity index (χ1n) is 4.16. The van der Waals surface area contributed by atoms with Crippen LogP contribution in [-0.2, 0) is 0 Å². The molecule has 0 saturated carbocycles. The molecule has 1 aromatic carbocycles. The zero-order valence-corrected chi connectivity index (χ0v) is 11.6. The Morgan fingerprint density at radius 2 is 1.75 bits per heavy atom. The van der Waals surface area contributed by atoms with Gasteiger partial charge in [-0.15, -0.1) is 5.98 Å². The van der Waals surface area contributed by atoms with E-state index in [0.717, 1.165) is 12.1 Å². The van der Waals surface area contributed by atoms with Gasteiger partial charge in [-0.1, -0.05) is 24.3 Å². The summed E-state index contributed by atoms with van der Waals surface area (Å²) in [4.78, 5) is 0. The van der Waals surface area contributed by atoms with Gasteiger partial charge in [0.25, 0.3) is 6.43 Å². The van der Waals surface area contributed by atoms with Crippen LogP contribution in [-0.4, -0.2) is 6.98 Å². The molecule has 1 aromatic rings. The molecule has 0 fully saturated rings. The summed E-state index contributed by atoms with van der Waals surface area (Å²) in [6, 6.07) is 4.83. The van der Waals surface area contributed by atoms with E-state index in [4.69, 9.17) is 0 Å². The third-order valence-corrected chi connectivity index (χ3v) is 1.67. The van der Waals surface area contributed by atoms with Gasteiger partial charge < -0.3 is 12.9 Å². The summed E-state index contributed by atoms with van der Waals surface area (Å²) in [7, 11) is 0. The maximum absolute atomic E-state index is 12.2. The Labute approximate surface area is 132 Å². The molecule has 0 aliphatic rings. The van der Waals surface area contributed by atoms with Crippen molar-refractivity contribution in [1.82, 2.24) is 0 Å². The van der Waals surface area contributed by atoms with Crippen LogP contribution in [0.25, 0.3) is 6.08 Å². The number of rotatable bonds is 3. The summed E-state index contributed by atoms with van der Waals surface area (Å²) in [6.45, 7) is -5.03. The van der Waals surface area contributed by atoms with E-state index in [2.05, 4.69) is 0 Å². The minimum Gasteiger partial charge on any atom is -0.445 e. The fraction of sp³-hybridized carbons (Fsp3) is 0.111. The monoisotopic (exact) mass is 260 g/mol. The van der Waals surface area contributed by atoms with E-state index in [1.54, 1.807) is 0 Å². The predicted octanol–water partition coefficient (Wildman–Crippen LogP) is 1.03. The molecule has 0 aliphatic heterocycles. The van der Waals surface area contributed by atoms with E-state index >= 15 is 0 Å². The van der Waals surface area contributed by atoms with Crippen LogP contribution in [0.5, 0.6) is 0 Å². The summed E-state index contributed by atoms with van der Waals surface area (Å²) in [5.41, 5.74) is -0.168. The molecule has 82 valence electrons. The van der Waals surface area contributed by atoms with Crippen molar-refractivity contribution in [3.8, 4) is 0 Å². The summed E-state index contributed by atoms with van der Waals surface area (Å²) < 4.78 is 59.8. The maximum Gasteiger partial charge on any atom is 1.00 e. The number of hydrogen-bond donors (Lipinski definition) is 0.